The summed E-state index contributed by atoms with van der Waals surface area (Å²) in [4.78, 5) is 4.94. The maximum Gasteiger partial charge on any atom is 0.0781 e. The maximum atomic E-state index is 9.87. The summed E-state index contributed by atoms with van der Waals surface area (Å²) in [6, 6.07) is 8.21. The van der Waals surface area contributed by atoms with Crippen LogP contribution >= 0.6 is 0 Å². The smallest absolute Gasteiger partial charge is 0.0781 e. The number of hydrogen-bond donors (Lipinski definition) is 1. The normalized spacial score (nSPS) is 18.9. The fourth-order valence-corrected chi connectivity index (χ4v) is 2.82. The molecule has 0 amide bonds. The summed E-state index contributed by atoms with van der Waals surface area (Å²) in [7, 11) is 0. The molecule has 3 heteroatoms. The number of nitrogens with zero attached hydrogens (tertiary/aromatic N) is 2. The molecule has 1 aromatic carbocycles. The highest BCUT2D eigenvalue weighted by Gasteiger charge is 2.20. The fraction of sp³-hybridized carbons (Fsp3) is 0.625. The highest BCUT2D eigenvalue weighted by atomic mass is 16.3. The van der Waals surface area contributed by atoms with Gasteiger partial charge in [-0.1, -0.05) is 32.0 Å². The molecular formula is C16H26N2O. The predicted molar refractivity (Wildman–Crippen MR) is 80.6 cm³/mol. The molecule has 0 spiro atoms. The molecule has 3 nitrogen and oxygen atoms in total. The van der Waals surface area contributed by atoms with Gasteiger partial charge in [-0.25, -0.2) is 0 Å². The molecule has 1 heterocycles. The Kier molecular flexibility index (Phi) is 4.83. The second kappa shape index (κ2) is 6.40. The summed E-state index contributed by atoms with van der Waals surface area (Å²) >= 11 is 0. The molecule has 0 saturated carbocycles. The molecule has 1 saturated heterocycles. The molecule has 1 atom stereocenters. The second-order valence-electron chi connectivity index (χ2n) is 5.92. The quantitative estimate of drug-likeness (QED) is 0.903. The number of rotatable bonds is 4. The monoisotopic (exact) mass is 262 g/mol. The van der Waals surface area contributed by atoms with Crippen molar-refractivity contribution in [3.8, 4) is 0 Å². The van der Waals surface area contributed by atoms with Gasteiger partial charge < -0.3 is 10.0 Å². The molecule has 19 heavy (non-hydrogen) atoms. The molecule has 0 aromatic heterocycles. The van der Waals surface area contributed by atoms with Crippen LogP contribution in [0.15, 0.2) is 24.3 Å². The van der Waals surface area contributed by atoms with E-state index in [1.165, 1.54) is 12.2 Å². The first-order valence-electron chi connectivity index (χ1n) is 7.32. The first-order valence-corrected chi connectivity index (χ1v) is 7.32. The van der Waals surface area contributed by atoms with E-state index in [1.54, 1.807) is 0 Å². The van der Waals surface area contributed by atoms with E-state index in [9.17, 15) is 5.11 Å². The highest BCUT2D eigenvalue weighted by Crippen LogP contribution is 2.27. The minimum atomic E-state index is -0.398. The zero-order valence-electron chi connectivity index (χ0n) is 12.3. The average molecular weight is 262 g/mol. The lowest BCUT2D eigenvalue weighted by atomic mass is 10.1. The van der Waals surface area contributed by atoms with E-state index in [0.29, 0.717) is 0 Å². The van der Waals surface area contributed by atoms with Crippen LogP contribution < -0.4 is 4.90 Å². The van der Waals surface area contributed by atoms with Crippen LogP contribution in [0.5, 0.6) is 0 Å². The Morgan fingerprint density at radius 2 is 1.68 bits per heavy atom. The lowest BCUT2D eigenvalue weighted by Crippen LogP contribution is -2.47. The van der Waals surface area contributed by atoms with Gasteiger partial charge in [0, 0.05) is 44.0 Å². The molecule has 0 aliphatic carbocycles. The Hall–Kier alpha value is -1.06. The molecule has 1 aromatic rings. The number of aliphatic hydroxyl groups is 1. The fourth-order valence-electron chi connectivity index (χ4n) is 2.82. The van der Waals surface area contributed by atoms with Crippen molar-refractivity contribution >= 4 is 5.69 Å². The zero-order chi connectivity index (χ0) is 13.8. The van der Waals surface area contributed by atoms with Crippen molar-refractivity contribution in [2.45, 2.75) is 26.9 Å². The van der Waals surface area contributed by atoms with E-state index >= 15 is 0 Å². The Labute approximate surface area is 116 Å². The lowest BCUT2D eigenvalue weighted by Gasteiger charge is -2.38. The number of hydrogen-bond acceptors (Lipinski definition) is 3. The van der Waals surface area contributed by atoms with Gasteiger partial charge in [0.1, 0.15) is 0 Å². The van der Waals surface area contributed by atoms with Gasteiger partial charge in [0.2, 0.25) is 0 Å². The molecule has 1 N–H and O–H groups in total. The summed E-state index contributed by atoms with van der Waals surface area (Å²) in [5, 5.41) is 9.87. The van der Waals surface area contributed by atoms with Crippen molar-refractivity contribution in [3.05, 3.63) is 29.8 Å². The van der Waals surface area contributed by atoms with Crippen molar-refractivity contribution in [1.29, 1.82) is 0 Å². The average Bonchev–Trinajstić information content (AvgIpc) is 2.39. The largest absolute Gasteiger partial charge is 0.389 e. The van der Waals surface area contributed by atoms with Crippen molar-refractivity contribution < 1.29 is 5.11 Å². The molecule has 106 valence electrons. The van der Waals surface area contributed by atoms with Gasteiger partial charge in [0.05, 0.1) is 6.10 Å². The van der Waals surface area contributed by atoms with Gasteiger partial charge in [-0.2, -0.15) is 0 Å². The van der Waals surface area contributed by atoms with E-state index in [-0.39, 0.29) is 0 Å². The third-order valence-corrected chi connectivity index (χ3v) is 3.72. The molecule has 1 aliphatic rings. The SMILES string of the molecule is CC(C)CN1CCN(c2ccccc2[C@H](C)O)CC1. The predicted octanol–water partition coefficient (Wildman–Crippen LogP) is 2.52. The van der Waals surface area contributed by atoms with Crippen LogP contribution in [-0.2, 0) is 0 Å². The van der Waals surface area contributed by atoms with Gasteiger partial charge >= 0.3 is 0 Å². The van der Waals surface area contributed by atoms with E-state index in [1.807, 2.05) is 19.1 Å². The van der Waals surface area contributed by atoms with Gasteiger partial charge in [0.15, 0.2) is 0 Å². The van der Waals surface area contributed by atoms with Crippen molar-refractivity contribution in [3.63, 3.8) is 0 Å². The molecule has 0 bridgehead atoms. The van der Waals surface area contributed by atoms with Crippen molar-refractivity contribution in [2.75, 3.05) is 37.6 Å². The minimum absolute atomic E-state index is 0.398. The number of aliphatic hydroxyl groups excluding tert-OH is 1. The van der Waals surface area contributed by atoms with Crippen LogP contribution in [0.2, 0.25) is 0 Å². The van der Waals surface area contributed by atoms with E-state index in [0.717, 1.165) is 37.7 Å². The van der Waals surface area contributed by atoms with Gasteiger partial charge in [-0.15, -0.1) is 0 Å². The standard InChI is InChI=1S/C16H26N2O/c1-13(2)12-17-8-10-18(11-9-17)16-7-5-4-6-15(16)14(3)19/h4-7,13-14,19H,8-12H2,1-3H3/t14-/m0/s1. The van der Waals surface area contributed by atoms with Crippen LogP contribution in [0, 0.1) is 5.92 Å². The number of para-hydroxylation sites is 1. The van der Waals surface area contributed by atoms with Crippen LogP contribution in [0.1, 0.15) is 32.4 Å². The molecule has 1 aliphatic heterocycles. The van der Waals surface area contributed by atoms with Gasteiger partial charge in [0.25, 0.3) is 0 Å². The van der Waals surface area contributed by atoms with E-state index < -0.39 is 6.10 Å². The van der Waals surface area contributed by atoms with Crippen LogP contribution in [0.4, 0.5) is 5.69 Å². The Morgan fingerprint density at radius 1 is 1.05 bits per heavy atom. The zero-order valence-corrected chi connectivity index (χ0v) is 12.3. The molecular weight excluding hydrogens is 236 g/mol. The molecule has 0 radical (unpaired) electrons. The first-order chi connectivity index (χ1) is 9.08. The highest BCUT2D eigenvalue weighted by molar-refractivity contribution is 5.54. The summed E-state index contributed by atoms with van der Waals surface area (Å²) in [5.74, 6) is 0.733. The third kappa shape index (κ3) is 3.71. The Bertz CT molecular complexity index is 395. The van der Waals surface area contributed by atoms with Crippen molar-refractivity contribution in [2.24, 2.45) is 5.92 Å². The maximum absolute atomic E-state index is 9.87. The third-order valence-electron chi connectivity index (χ3n) is 3.72. The van der Waals surface area contributed by atoms with E-state index in [2.05, 4.69) is 35.8 Å². The molecule has 0 unspecified atom stereocenters. The van der Waals surface area contributed by atoms with E-state index in [4.69, 9.17) is 0 Å². The van der Waals surface area contributed by atoms with Crippen molar-refractivity contribution in [1.82, 2.24) is 4.90 Å². The summed E-state index contributed by atoms with van der Waals surface area (Å²) < 4.78 is 0. The van der Waals surface area contributed by atoms with Gasteiger partial charge in [-0.3, -0.25) is 4.90 Å². The number of benzene rings is 1. The number of anilines is 1. The summed E-state index contributed by atoms with van der Waals surface area (Å²) in [6.07, 6.45) is -0.398. The topological polar surface area (TPSA) is 26.7 Å². The van der Waals surface area contributed by atoms with Crippen LogP contribution in [0.3, 0.4) is 0 Å². The summed E-state index contributed by atoms with van der Waals surface area (Å²) in [6.45, 7) is 11.9. The second-order valence-corrected chi connectivity index (χ2v) is 5.92. The lowest BCUT2D eigenvalue weighted by molar-refractivity contribution is 0.198. The Balaban J connectivity index is 2.02. The number of piperazine rings is 1. The molecule has 2 rings (SSSR count). The first kappa shape index (κ1) is 14.4. The Morgan fingerprint density at radius 3 is 2.26 bits per heavy atom. The minimum Gasteiger partial charge on any atom is -0.389 e. The molecule has 1 fully saturated rings. The van der Waals surface area contributed by atoms with Crippen LogP contribution in [-0.4, -0.2) is 42.7 Å². The van der Waals surface area contributed by atoms with Crippen LogP contribution in [0.25, 0.3) is 0 Å². The van der Waals surface area contributed by atoms with Gasteiger partial charge in [-0.05, 0) is 18.9 Å². The summed E-state index contributed by atoms with van der Waals surface area (Å²) in [5.41, 5.74) is 2.24.